The van der Waals surface area contributed by atoms with Gasteiger partial charge in [0.25, 0.3) is 5.91 Å². The molecule has 0 radical (unpaired) electrons. The summed E-state index contributed by atoms with van der Waals surface area (Å²) in [6, 6.07) is 14.8. The molecule has 0 bridgehead atoms. The molecule has 1 aliphatic heterocycles. The van der Waals surface area contributed by atoms with Crippen LogP contribution in [0.2, 0.25) is 10.0 Å². The van der Waals surface area contributed by atoms with Gasteiger partial charge in [0.2, 0.25) is 0 Å². The van der Waals surface area contributed by atoms with Crippen LogP contribution >= 0.6 is 23.2 Å². The average molecular weight is 521 g/mol. The van der Waals surface area contributed by atoms with Crippen LogP contribution in [0.5, 0.6) is 0 Å². The Morgan fingerprint density at radius 3 is 2.37 bits per heavy atom. The summed E-state index contributed by atoms with van der Waals surface area (Å²) in [5, 5.41) is 10.7. The first-order chi connectivity index (χ1) is 16.5. The van der Waals surface area contributed by atoms with E-state index in [0.717, 1.165) is 18.5 Å². The molecule has 0 spiro atoms. The first-order valence-electron chi connectivity index (χ1n) is 11.9. The molecule has 2 amide bonds. The van der Waals surface area contributed by atoms with Gasteiger partial charge >= 0.3 is 6.09 Å². The van der Waals surface area contributed by atoms with Gasteiger partial charge in [0.1, 0.15) is 0 Å². The highest BCUT2D eigenvalue weighted by atomic mass is 35.5. The Bertz CT molecular complexity index is 1030. The van der Waals surface area contributed by atoms with Crippen molar-refractivity contribution >= 4 is 35.2 Å². The average Bonchev–Trinajstić information content (AvgIpc) is 2.82. The highest BCUT2D eigenvalue weighted by Crippen LogP contribution is 2.31. The van der Waals surface area contributed by atoms with Gasteiger partial charge in [-0.2, -0.15) is 0 Å². The molecule has 0 aliphatic carbocycles. The number of amides is 2. The van der Waals surface area contributed by atoms with Crippen molar-refractivity contribution in [1.82, 2.24) is 14.7 Å². The lowest BCUT2D eigenvalue weighted by atomic mass is 9.84. The highest BCUT2D eigenvalue weighted by molar-refractivity contribution is 6.42. The van der Waals surface area contributed by atoms with Crippen LogP contribution in [0.15, 0.2) is 48.5 Å². The molecule has 35 heavy (non-hydrogen) atoms. The van der Waals surface area contributed by atoms with Gasteiger partial charge in [0.15, 0.2) is 0 Å². The summed E-state index contributed by atoms with van der Waals surface area (Å²) in [7, 11) is 1.82. The van der Waals surface area contributed by atoms with E-state index in [4.69, 9.17) is 23.2 Å². The van der Waals surface area contributed by atoms with E-state index in [-0.39, 0.29) is 23.3 Å². The van der Waals surface area contributed by atoms with Crippen LogP contribution in [0.4, 0.5) is 4.79 Å². The molecule has 1 N–H and O–H groups in total. The van der Waals surface area contributed by atoms with Gasteiger partial charge in [-0.1, -0.05) is 68.2 Å². The molecule has 3 rings (SSSR count). The van der Waals surface area contributed by atoms with Crippen molar-refractivity contribution in [3.8, 4) is 0 Å². The summed E-state index contributed by atoms with van der Waals surface area (Å²) < 4.78 is 0. The molecule has 6 nitrogen and oxygen atoms in total. The van der Waals surface area contributed by atoms with E-state index in [9.17, 15) is 14.7 Å². The fourth-order valence-corrected chi connectivity index (χ4v) is 5.00. The molecule has 0 aromatic heterocycles. The zero-order valence-electron chi connectivity index (χ0n) is 20.9. The Morgan fingerprint density at radius 1 is 1.09 bits per heavy atom. The number of piperazine rings is 1. The Hall–Kier alpha value is -2.28. The molecule has 2 atom stereocenters. The molecular weight excluding hydrogens is 485 g/mol. The lowest BCUT2D eigenvalue weighted by Gasteiger charge is -2.46. The molecular formula is C27H35Cl2N3O3. The van der Waals surface area contributed by atoms with Gasteiger partial charge in [-0.05, 0) is 48.2 Å². The van der Waals surface area contributed by atoms with Crippen LogP contribution in [0.25, 0.3) is 0 Å². The highest BCUT2D eigenvalue weighted by Gasteiger charge is 2.38. The van der Waals surface area contributed by atoms with E-state index >= 15 is 0 Å². The number of benzene rings is 2. The van der Waals surface area contributed by atoms with Crippen LogP contribution in [0, 0.1) is 5.41 Å². The maximum absolute atomic E-state index is 13.0. The van der Waals surface area contributed by atoms with Crippen molar-refractivity contribution in [1.29, 1.82) is 0 Å². The van der Waals surface area contributed by atoms with Crippen molar-refractivity contribution in [3.63, 3.8) is 0 Å². The number of halogens is 2. The number of rotatable bonds is 7. The normalized spacial score (nSPS) is 17.8. The third kappa shape index (κ3) is 7.12. The minimum atomic E-state index is -0.862. The van der Waals surface area contributed by atoms with Crippen LogP contribution < -0.4 is 0 Å². The van der Waals surface area contributed by atoms with Gasteiger partial charge in [-0.15, -0.1) is 0 Å². The van der Waals surface area contributed by atoms with Gasteiger partial charge < -0.3 is 14.9 Å². The number of carbonyl (C=O) groups excluding carboxylic acids is 1. The minimum Gasteiger partial charge on any atom is -0.465 e. The van der Waals surface area contributed by atoms with Crippen molar-refractivity contribution in [3.05, 3.63) is 69.7 Å². The Labute approximate surface area is 218 Å². The van der Waals surface area contributed by atoms with E-state index in [0.29, 0.717) is 41.8 Å². The Kier molecular flexibility index (Phi) is 9.08. The first kappa shape index (κ1) is 27.3. The molecule has 1 aliphatic rings. The number of nitrogens with zero attached hydrogens (tertiary/aromatic N) is 3. The van der Waals surface area contributed by atoms with E-state index in [1.165, 1.54) is 0 Å². The molecule has 190 valence electrons. The van der Waals surface area contributed by atoms with E-state index in [1.807, 2.05) is 49.5 Å². The summed E-state index contributed by atoms with van der Waals surface area (Å²) in [4.78, 5) is 30.4. The second-order valence-electron chi connectivity index (χ2n) is 10.4. The van der Waals surface area contributed by atoms with Crippen LogP contribution in [-0.4, -0.2) is 77.6 Å². The first-order valence-corrected chi connectivity index (χ1v) is 12.7. The number of likely N-dealkylation sites (N-methyl/N-ethyl adjacent to an activating group) is 1. The molecule has 1 fully saturated rings. The van der Waals surface area contributed by atoms with Crippen LogP contribution in [0.3, 0.4) is 0 Å². The van der Waals surface area contributed by atoms with Gasteiger partial charge in [-0.3, -0.25) is 9.69 Å². The molecule has 1 saturated heterocycles. The lowest BCUT2D eigenvalue weighted by Crippen LogP contribution is -2.59. The quantitative estimate of drug-likeness (QED) is 0.490. The summed E-state index contributed by atoms with van der Waals surface area (Å²) >= 11 is 12.5. The molecule has 2 aromatic rings. The number of carboxylic acid groups (broad SMARTS) is 1. The van der Waals surface area contributed by atoms with Gasteiger partial charge in [-0.25, -0.2) is 4.79 Å². The van der Waals surface area contributed by atoms with Crippen molar-refractivity contribution in [2.45, 2.75) is 39.2 Å². The fourth-order valence-electron chi connectivity index (χ4n) is 4.70. The summed E-state index contributed by atoms with van der Waals surface area (Å²) in [5.74, 6) is 0.0200. The Morgan fingerprint density at radius 2 is 1.77 bits per heavy atom. The molecule has 2 aromatic carbocycles. The van der Waals surface area contributed by atoms with Crippen molar-refractivity contribution in [2.24, 2.45) is 5.41 Å². The minimum absolute atomic E-state index is 0.0291. The zero-order valence-corrected chi connectivity index (χ0v) is 22.4. The maximum Gasteiger partial charge on any atom is 0.407 e. The Balaban J connectivity index is 1.75. The smallest absolute Gasteiger partial charge is 0.407 e. The van der Waals surface area contributed by atoms with Crippen molar-refractivity contribution in [2.75, 3.05) is 39.8 Å². The van der Waals surface area contributed by atoms with Crippen LogP contribution in [-0.2, 0) is 0 Å². The van der Waals surface area contributed by atoms with Gasteiger partial charge in [0, 0.05) is 44.7 Å². The zero-order chi connectivity index (χ0) is 25.8. The third-order valence-electron chi connectivity index (χ3n) is 6.78. The number of carbonyl (C=O) groups is 2. The third-order valence-corrected chi connectivity index (χ3v) is 7.52. The SMILES string of the molecule is CN(C[C@@H](CCN1CCN(C(=O)O)C(C(C)(C)C)C1)c1ccc(Cl)c(Cl)c1)C(=O)c1ccccc1. The van der Waals surface area contributed by atoms with Gasteiger partial charge in [0.05, 0.1) is 16.1 Å². The monoisotopic (exact) mass is 519 g/mol. The van der Waals surface area contributed by atoms with E-state index in [1.54, 1.807) is 15.9 Å². The predicted molar refractivity (Wildman–Crippen MR) is 142 cm³/mol. The topological polar surface area (TPSA) is 64.1 Å². The largest absolute Gasteiger partial charge is 0.465 e. The predicted octanol–water partition coefficient (Wildman–Crippen LogP) is 5.95. The van der Waals surface area contributed by atoms with E-state index in [2.05, 4.69) is 25.7 Å². The second-order valence-corrected chi connectivity index (χ2v) is 11.2. The molecule has 0 saturated carbocycles. The van der Waals surface area contributed by atoms with Crippen molar-refractivity contribution < 1.29 is 14.7 Å². The number of hydrogen-bond acceptors (Lipinski definition) is 3. The summed E-state index contributed by atoms with van der Waals surface area (Å²) in [6.45, 7) is 9.43. The fraction of sp³-hybridized carbons (Fsp3) is 0.481. The molecule has 8 heteroatoms. The lowest BCUT2D eigenvalue weighted by molar-refractivity contribution is 0.0206. The molecule has 1 heterocycles. The van der Waals surface area contributed by atoms with Crippen LogP contribution in [0.1, 0.15) is 49.0 Å². The van der Waals surface area contributed by atoms with E-state index < -0.39 is 6.09 Å². The maximum atomic E-state index is 13.0. The number of hydrogen-bond donors (Lipinski definition) is 1. The molecule has 1 unspecified atom stereocenters. The standard InChI is InChI=1S/C27H35Cl2N3O3/c1-27(2,3)24-18-31(14-15-32(24)26(34)35)13-12-21(20-10-11-22(28)23(29)16-20)17-30(4)25(33)19-8-6-5-7-9-19/h5-11,16,21,24H,12-15,17-18H2,1-4H3,(H,34,35)/t21-,24?/m1/s1. The second kappa shape index (κ2) is 11.6. The summed E-state index contributed by atoms with van der Waals surface area (Å²) in [6.07, 6.45) is -0.0618. The summed E-state index contributed by atoms with van der Waals surface area (Å²) in [5.41, 5.74) is 1.52.